The molecule has 0 aromatic carbocycles. The zero-order chi connectivity index (χ0) is 17.9. The summed E-state index contributed by atoms with van der Waals surface area (Å²) in [5, 5.41) is 25.1. The molecule has 0 spiro atoms. The average molecular weight is 360 g/mol. The van der Waals surface area contributed by atoms with E-state index in [1.54, 1.807) is 4.90 Å². The van der Waals surface area contributed by atoms with Gasteiger partial charge in [0.15, 0.2) is 0 Å². The van der Waals surface area contributed by atoms with E-state index in [4.69, 9.17) is 10.5 Å². The number of aryl methyl sites for hydroxylation is 1. The molecule has 1 amide bonds. The number of thioether (sulfide) groups is 1. The number of nitriles is 2. The molecule has 2 rings (SSSR count). The molecule has 25 heavy (non-hydrogen) atoms. The molecule has 0 bridgehead atoms. The summed E-state index contributed by atoms with van der Waals surface area (Å²) in [6.45, 7) is 0.719. The Bertz CT molecular complexity index is 608. The number of nitrogens with one attached hydrogen (secondary N) is 1. The van der Waals surface area contributed by atoms with Gasteiger partial charge in [-0.1, -0.05) is 37.4 Å². The number of nitrogens with zero attached hydrogens (tertiary/aromatic N) is 5. The van der Waals surface area contributed by atoms with Crippen molar-refractivity contribution >= 4 is 17.7 Å². The lowest BCUT2D eigenvalue weighted by Gasteiger charge is -2.19. The van der Waals surface area contributed by atoms with Gasteiger partial charge in [-0.3, -0.25) is 9.89 Å². The van der Waals surface area contributed by atoms with Gasteiger partial charge in [0, 0.05) is 19.5 Å². The molecule has 134 valence electrons. The molecule has 1 N–H and O–H groups in total. The first kappa shape index (κ1) is 19.3. The van der Waals surface area contributed by atoms with Crippen LogP contribution >= 0.6 is 11.8 Å². The molecule has 0 unspecified atom stereocenters. The first-order valence-electron chi connectivity index (χ1n) is 8.78. The minimum atomic E-state index is -0.0900. The summed E-state index contributed by atoms with van der Waals surface area (Å²) in [5.41, 5.74) is 0. The van der Waals surface area contributed by atoms with Gasteiger partial charge in [0.1, 0.15) is 5.82 Å². The quantitative estimate of drug-likeness (QED) is 0.642. The van der Waals surface area contributed by atoms with Crippen LogP contribution in [0.15, 0.2) is 5.16 Å². The van der Waals surface area contributed by atoms with Gasteiger partial charge in [0.2, 0.25) is 11.1 Å². The van der Waals surface area contributed by atoms with Crippen molar-refractivity contribution in [3.05, 3.63) is 5.82 Å². The van der Waals surface area contributed by atoms with Gasteiger partial charge < -0.3 is 4.90 Å². The first-order valence-corrected chi connectivity index (χ1v) is 9.77. The number of carbonyl (C=O) groups excluding carboxylic acids is 1. The van der Waals surface area contributed by atoms with Crippen molar-refractivity contribution in [2.75, 3.05) is 18.8 Å². The largest absolute Gasteiger partial charge is 0.340 e. The zero-order valence-electron chi connectivity index (χ0n) is 14.4. The topological polar surface area (TPSA) is 109 Å². The lowest BCUT2D eigenvalue weighted by atomic mass is 10.0. The number of aromatic nitrogens is 3. The maximum Gasteiger partial charge on any atom is 0.233 e. The Kier molecular flexibility index (Phi) is 8.27. The molecule has 0 aliphatic heterocycles. The van der Waals surface area contributed by atoms with Gasteiger partial charge in [-0.25, -0.2) is 4.98 Å². The summed E-state index contributed by atoms with van der Waals surface area (Å²) in [7, 11) is 0. The predicted molar refractivity (Wildman–Crippen MR) is 94.4 cm³/mol. The van der Waals surface area contributed by atoms with Gasteiger partial charge in [-0.05, 0) is 12.3 Å². The lowest BCUT2D eigenvalue weighted by molar-refractivity contribution is -0.128. The average Bonchev–Trinajstić information content (AvgIpc) is 3.29. The minimum Gasteiger partial charge on any atom is -0.340 e. The predicted octanol–water partition coefficient (Wildman–Crippen LogP) is 2.68. The van der Waals surface area contributed by atoms with Crippen LogP contribution in [-0.2, 0) is 11.2 Å². The number of hydrogen-bond donors (Lipinski definition) is 1. The van der Waals surface area contributed by atoms with Gasteiger partial charge in [0.05, 0.1) is 30.7 Å². The number of amides is 1. The summed E-state index contributed by atoms with van der Waals surface area (Å²) >= 11 is 1.29. The second-order valence-corrected chi connectivity index (χ2v) is 7.18. The normalized spacial score (nSPS) is 14.2. The van der Waals surface area contributed by atoms with Gasteiger partial charge in [0.25, 0.3) is 0 Å². The maximum atomic E-state index is 12.3. The molecule has 1 aliphatic carbocycles. The lowest BCUT2D eigenvalue weighted by Crippen LogP contribution is -2.34. The van der Waals surface area contributed by atoms with E-state index >= 15 is 0 Å². The highest BCUT2D eigenvalue weighted by Gasteiger charge is 2.17. The van der Waals surface area contributed by atoms with Crippen LogP contribution in [0.25, 0.3) is 0 Å². The third-order valence-corrected chi connectivity index (χ3v) is 5.27. The van der Waals surface area contributed by atoms with Crippen molar-refractivity contribution in [3.63, 3.8) is 0 Å². The number of aromatic amines is 1. The summed E-state index contributed by atoms with van der Waals surface area (Å²) < 4.78 is 0. The van der Waals surface area contributed by atoms with E-state index in [1.807, 2.05) is 12.1 Å². The van der Waals surface area contributed by atoms with Crippen LogP contribution in [0.1, 0.15) is 50.8 Å². The molecular formula is C17H24N6OS. The highest BCUT2D eigenvalue weighted by atomic mass is 32.2. The van der Waals surface area contributed by atoms with E-state index in [9.17, 15) is 4.79 Å². The van der Waals surface area contributed by atoms with Crippen LogP contribution in [0.3, 0.4) is 0 Å². The molecule has 1 saturated carbocycles. The van der Waals surface area contributed by atoms with Gasteiger partial charge in [-0.15, -0.1) is 5.10 Å². The molecule has 1 aliphatic rings. The Morgan fingerprint density at radius 1 is 1.24 bits per heavy atom. The molecule has 7 nitrogen and oxygen atoms in total. The van der Waals surface area contributed by atoms with Crippen molar-refractivity contribution in [1.82, 2.24) is 20.1 Å². The summed E-state index contributed by atoms with van der Waals surface area (Å²) in [6.07, 6.45) is 7.94. The zero-order valence-corrected chi connectivity index (χ0v) is 15.2. The number of carbonyl (C=O) groups is 1. The fraction of sp³-hybridized carbons (Fsp3) is 0.706. The monoisotopic (exact) mass is 360 g/mol. The number of hydrogen-bond acceptors (Lipinski definition) is 6. The molecule has 0 radical (unpaired) electrons. The van der Waals surface area contributed by atoms with E-state index in [2.05, 4.69) is 15.2 Å². The highest BCUT2D eigenvalue weighted by molar-refractivity contribution is 7.99. The summed E-state index contributed by atoms with van der Waals surface area (Å²) in [6, 6.07) is 4.06. The fourth-order valence-corrected chi connectivity index (χ4v) is 3.76. The van der Waals surface area contributed by atoms with E-state index in [0.29, 0.717) is 18.2 Å². The summed E-state index contributed by atoms with van der Waals surface area (Å²) in [5.74, 6) is 1.83. The Labute approximate surface area is 152 Å². The van der Waals surface area contributed by atoms with E-state index in [1.165, 1.54) is 37.4 Å². The van der Waals surface area contributed by atoms with Crippen LogP contribution in [0.2, 0.25) is 0 Å². The summed E-state index contributed by atoms with van der Waals surface area (Å²) in [4.78, 5) is 18.3. The van der Waals surface area contributed by atoms with Crippen LogP contribution in [-0.4, -0.2) is 44.8 Å². The second kappa shape index (κ2) is 10.7. The SMILES string of the molecule is N#CCCN(CCC#N)C(=O)CSc1n[nH]c(CCC2CCCC2)n1. The molecule has 1 fully saturated rings. The molecule has 0 saturated heterocycles. The van der Waals surface area contributed by atoms with E-state index < -0.39 is 0 Å². The Morgan fingerprint density at radius 3 is 2.56 bits per heavy atom. The van der Waals surface area contributed by atoms with Crippen LogP contribution in [0, 0.1) is 28.6 Å². The van der Waals surface area contributed by atoms with Crippen LogP contribution in [0.4, 0.5) is 0 Å². The van der Waals surface area contributed by atoms with Crippen LogP contribution in [0.5, 0.6) is 0 Å². The number of rotatable bonds is 10. The standard InChI is InChI=1S/C17H24N6OS/c18-9-3-11-23(12-4-10-19)16(24)13-25-17-20-15(21-22-17)8-7-14-5-1-2-6-14/h14H,1-8,11-13H2,(H,20,21,22). The Hall–Kier alpha value is -2.06. The Balaban J connectivity index is 1.76. The van der Waals surface area contributed by atoms with Crippen molar-refractivity contribution in [1.29, 1.82) is 10.5 Å². The number of H-pyrrole nitrogens is 1. The van der Waals surface area contributed by atoms with Gasteiger partial charge >= 0.3 is 0 Å². The van der Waals surface area contributed by atoms with E-state index in [0.717, 1.165) is 24.6 Å². The first-order chi connectivity index (χ1) is 12.2. The van der Waals surface area contributed by atoms with Crippen LogP contribution < -0.4 is 0 Å². The second-order valence-electron chi connectivity index (χ2n) is 6.24. The molecule has 1 heterocycles. The fourth-order valence-electron chi connectivity index (χ4n) is 3.04. The van der Waals surface area contributed by atoms with E-state index in [-0.39, 0.29) is 24.5 Å². The molecule has 1 aromatic rings. The molecule has 1 aromatic heterocycles. The highest BCUT2D eigenvalue weighted by Crippen LogP contribution is 2.28. The molecule has 8 heteroatoms. The van der Waals surface area contributed by atoms with Crippen molar-refractivity contribution < 1.29 is 4.79 Å². The molecular weight excluding hydrogens is 336 g/mol. The van der Waals surface area contributed by atoms with Crippen molar-refractivity contribution in [2.45, 2.75) is 56.5 Å². The van der Waals surface area contributed by atoms with Gasteiger partial charge in [-0.2, -0.15) is 10.5 Å². The third kappa shape index (κ3) is 6.75. The van der Waals surface area contributed by atoms with Crippen molar-refractivity contribution in [3.8, 4) is 12.1 Å². The Morgan fingerprint density at radius 2 is 1.92 bits per heavy atom. The minimum absolute atomic E-state index is 0.0900. The third-order valence-electron chi connectivity index (χ3n) is 4.44. The van der Waals surface area contributed by atoms with Crippen molar-refractivity contribution in [2.24, 2.45) is 5.92 Å². The maximum absolute atomic E-state index is 12.3. The molecule has 0 atom stereocenters. The smallest absolute Gasteiger partial charge is 0.233 e.